The van der Waals surface area contributed by atoms with Crippen LogP contribution in [0.15, 0.2) is 12.7 Å². The van der Waals surface area contributed by atoms with E-state index in [2.05, 4.69) is 18.8 Å². The van der Waals surface area contributed by atoms with E-state index < -0.39 is 0 Å². The molecule has 0 saturated heterocycles. The third kappa shape index (κ3) is 17.0. The first-order chi connectivity index (χ1) is 11.7. The summed E-state index contributed by atoms with van der Waals surface area (Å²) in [6, 6.07) is 0. The van der Waals surface area contributed by atoms with E-state index in [1.165, 1.54) is 70.3 Å². The maximum Gasteiger partial charge on any atom is 0.307 e. The first-order valence-corrected chi connectivity index (χ1v) is 9.76. The number of unbranched alkanes of at least 4 members (excludes halogenated alkanes) is 11. The highest BCUT2D eigenvalue weighted by atomic mass is 16.5. The van der Waals surface area contributed by atoms with Crippen LogP contribution in [0.1, 0.15) is 90.4 Å². The second-order valence-electron chi connectivity index (χ2n) is 6.35. The largest absolute Gasteiger partial charge is 0.466 e. The smallest absolute Gasteiger partial charge is 0.307 e. The van der Waals surface area contributed by atoms with Crippen LogP contribution in [0.5, 0.6) is 0 Å². The fourth-order valence-corrected chi connectivity index (χ4v) is 2.56. The van der Waals surface area contributed by atoms with Crippen molar-refractivity contribution in [3.05, 3.63) is 12.7 Å². The number of hydrogen-bond donors (Lipinski definition) is 1. The summed E-state index contributed by atoms with van der Waals surface area (Å²) in [4.78, 5) is 22.3. The summed E-state index contributed by atoms with van der Waals surface area (Å²) in [5, 5.41) is 2.55. The third-order valence-electron chi connectivity index (χ3n) is 4.07. The minimum atomic E-state index is -0.260. The first-order valence-electron chi connectivity index (χ1n) is 9.76. The van der Waals surface area contributed by atoms with Crippen LogP contribution in [-0.4, -0.2) is 25.0 Å². The molecule has 0 unspecified atom stereocenters. The molecule has 0 fully saturated rings. The number of amides is 1. The second kappa shape index (κ2) is 18.0. The van der Waals surface area contributed by atoms with Crippen LogP contribution in [-0.2, 0) is 14.3 Å². The van der Waals surface area contributed by atoms with Crippen molar-refractivity contribution < 1.29 is 14.3 Å². The minimum absolute atomic E-state index is 0.220. The molecule has 0 radical (unpaired) electrons. The van der Waals surface area contributed by atoms with Gasteiger partial charge in [0.2, 0.25) is 5.91 Å². The number of ether oxygens (including phenoxy) is 1. The van der Waals surface area contributed by atoms with Crippen molar-refractivity contribution in [1.29, 1.82) is 0 Å². The molecule has 0 saturated carbocycles. The van der Waals surface area contributed by atoms with Crippen LogP contribution < -0.4 is 5.32 Å². The van der Waals surface area contributed by atoms with Gasteiger partial charge in [0.1, 0.15) is 0 Å². The Balaban J connectivity index is 3.17. The molecule has 0 rings (SSSR count). The van der Waals surface area contributed by atoms with Gasteiger partial charge in [-0.2, -0.15) is 0 Å². The zero-order valence-electron chi connectivity index (χ0n) is 15.6. The monoisotopic (exact) mass is 339 g/mol. The normalized spacial score (nSPS) is 10.4. The van der Waals surface area contributed by atoms with Crippen molar-refractivity contribution >= 4 is 11.9 Å². The summed E-state index contributed by atoms with van der Waals surface area (Å²) in [7, 11) is 0. The highest BCUT2D eigenvalue weighted by Gasteiger charge is 2.03. The average molecular weight is 340 g/mol. The van der Waals surface area contributed by atoms with Crippen LogP contribution in [0.25, 0.3) is 0 Å². The predicted molar refractivity (Wildman–Crippen MR) is 99.9 cm³/mol. The minimum Gasteiger partial charge on any atom is -0.466 e. The van der Waals surface area contributed by atoms with Gasteiger partial charge in [-0.3, -0.25) is 9.59 Å². The van der Waals surface area contributed by atoms with E-state index in [1.807, 2.05) is 0 Å². The van der Waals surface area contributed by atoms with Gasteiger partial charge in [0.15, 0.2) is 0 Å². The third-order valence-corrected chi connectivity index (χ3v) is 4.07. The standard InChI is InChI=1S/C20H37NO3/c1-3-5-6-7-8-9-10-11-12-13-14-15-18-24-20(23)16-17-21-19(22)4-2/h4H,2-3,5-18H2,1H3,(H,21,22). The molecular weight excluding hydrogens is 302 g/mol. The fraction of sp³-hybridized carbons (Fsp3) is 0.800. The summed E-state index contributed by atoms with van der Waals surface area (Å²) in [6.45, 7) is 6.40. The molecule has 24 heavy (non-hydrogen) atoms. The number of esters is 1. The number of hydrogen-bond acceptors (Lipinski definition) is 3. The Labute approximate surface area is 148 Å². The Bertz CT molecular complexity index is 329. The van der Waals surface area contributed by atoms with Crippen LogP contribution >= 0.6 is 0 Å². The summed E-state index contributed by atoms with van der Waals surface area (Å²) in [5.41, 5.74) is 0. The molecule has 140 valence electrons. The molecule has 0 aromatic carbocycles. The lowest BCUT2D eigenvalue weighted by Crippen LogP contribution is -2.24. The Morgan fingerprint density at radius 1 is 0.875 bits per heavy atom. The molecule has 4 heteroatoms. The Morgan fingerprint density at radius 3 is 1.88 bits per heavy atom. The quantitative estimate of drug-likeness (QED) is 0.232. The maximum absolute atomic E-state index is 11.4. The van der Waals surface area contributed by atoms with Gasteiger partial charge in [-0.05, 0) is 12.5 Å². The summed E-state index contributed by atoms with van der Waals surface area (Å²) in [5.74, 6) is -0.508. The van der Waals surface area contributed by atoms with Gasteiger partial charge in [-0.25, -0.2) is 0 Å². The molecule has 0 spiro atoms. The average Bonchev–Trinajstić information content (AvgIpc) is 2.58. The van der Waals surface area contributed by atoms with Crippen molar-refractivity contribution in [2.24, 2.45) is 0 Å². The summed E-state index contributed by atoms with van der Waals surface area (Å²) >= 11 is 0. The molecule has 0 aliphatic carbocycles. The molecule has 4 nitrogen and oxygen atoms in total. The Morgan fingerprint density at radius 2 is 1.38 bits per heavy atom. The predicted octanol–water partition coefficient (Wildman–Crippen LogP) is 4.92. The zero-order chi connectivity index (χ0) is 17.9. The molecule has 0 aliphatic heterocycles. The molecule has 1 N–H and O–H groups in total. The highest BCUT2D eigenvalue weighted by molar-refractivity contribution is 5.87. The van der Waals surface area contributed by atoms with Crippen LogP contribution in [0.2, 0.25) is 0 Å². The van der Waals surface area contributed by atoms with Crippen molar-refractivity contribution in [2.45, 2.75) is 90.4 Å². The number of nitrogens with one attached hydrogen (secondary N) is 1. The molecule has 0 bridgehead atoms. The van der Waals surface area contributed by atoms with E-state index in [0.717, 1.165) is 12.8 Å². The molecular formula is C20H37NO3. The van der Waals surface area contributed by atoms with Gasteiger partial charge < -0.3 is 10.1 Å². The van der Waals surface area contributed by atoms with Gasteiger partial charge in [-0.1, -0.05) is 84.1 Å². The molecule has 0 aliphatic rings. The van der Waals surface area contributed by atoms with E-state index in [9.17, 15) is 9.59 Å². The second-order valence-corrected chi connectivity index (χ2v) is 6.35. The SMILES string of the molecule is C=CC(=O)NCCC(=O)OCCCCCCCCCCCCCC. The van der Waals surface area contributed by atoms with Crippen LogP contribution in [0.3, 0.4) is 0 Å². The molecule has 0 atom stereocenters. The highest BCUT2D eigenvalue weighted by Crippen LogP contribution is 2.11. The number of rotatable bonds is 17. The molecule has 0 aromatic heterocycles. The van der Waals surface area contributed by atoms with Gasteiger partial charge >= 0.3 is 5.97 Å². The van der Waals surface area contributed by atoms with E-state index in [0.29, 0.717) is 13.2 Å². The summed E-state index contributed by atoms with van der Waals surface area (Å²) in [6.07, 6.45) is 16.9. The van der Waals surface area contributed by atoms with E-state index in [1.54, 1.807) is 0 Å². The lowest BCUT2D eigenvalue weighted by Gasteiger charge is -2.05. The lowest BCUT2D eigenvalue weighted by atomic mass is 10.1. The van der Waals surface area contributed by atoms with Crippen LogP contribution in [0.4, 0.5) is 0 Å². The van der Waals surface area contributed by atoms with Gasteiger partial charge in [0.05, 0.1) is 13.0 Å². The van der Waals surface area contributed by atoms with Crippen molar-refractivity contribution in [3.63, 3.8) is 0 Å². The molecule has 0 heterocycles. The number of carbonyl (C=O) groups excluding carboxylic acids is 2. The van der Waals surface area contributed by atoms with Crippen molar-refractivity contribution in [3.8, 4) is 0 Å². The lowest BCUT2D eigenvalue weighted by molar-refractivity contribution is -0.143. The molecule has 0 aromatic rings. The maximum atomic E-state index is 11.4. The van der Waals surface area contributed by atoms with Crippen molar-refractivity contribution in [1.82, 2.24) is 5.32 Å². The fourth-order valence-electron chi connectivity index (χ4n) is 2.56. The zero-order valence-corrected chi connectivity index (χ0v) is 15.6. The van der Waals surface area contributed by atoms with E-state index in [-0.39, 0.29) is 18.3 Å². The van der Waals surface area contributed by atoms with Gasteiger partial charge in [-0.15, -0.1) is 0 Å². The molecule has 1 amide bonds. The van der Waals surface area contributed by atoms with E-state index >= 15 is 0 Å². The van der Waals surface area contributed by atoms with Gasteiger partial charge in [0, 0.05) is 6.54 Å². The van der Waals surface area contributed by atoms with Crippen LogP contribution in [0, 0.1) is 0 Å². The van der Waals surface area contributed by atoms with E-state index in [4.69, 9.17) is 4.74 Å². The first kappa shape index (κ1) is 22.7. The summed E-state index contributed by atoms with van der Waals surface area (Å²) < 4.78 is 5.13. The van der Waals surface area contributed by atoms with Crippen molar-refractivity contribution in [2.75, 3.05) is 13.2 Å². The van der Waals surface area contributed by atoms with Gasteiger partial charge in [0.25, 0.3) is 0 Å². The Kier molecular flexibility index (Phi) is 17.0. The number of carbonyl (C=O) groups is 2. The topological polar surface area (TPSA) is 55.4 Å². The Hall–Kier alpha value is -1.32.